The number of phenolic OH excluding ortho intramolecular Hbond substituents is 1. The largest absolute Gasteiger partial charge is 0.508 e. The third-order valence-corrected chi connectivity index (χ3v) is 2.34. The van der Waals surface area contributed by atoms with Crippen LogP contribution in [0.1, 0.15) is 12.1 Å². The Morgan fingerprint density at radius 2 is 2.06 bits per heavy atom. The van der Waals surface area contributed by atoms with Gasteiger partial charge < -0.3 is 5.11 Å². The van der Waals surface area contributed by atoms with E-state index in [4.69, 9.17) is 0 Å². The lowest BCUT2D eigenvalue weighted by atomic mass is 10.1. The molecule has 0 spiro atoms. The van der Waals surface area contributed by atoms with Gasteiger partial charge in [0.2, 0.25) is 0 Å². The quantitative estimate of drug-likeness (QED) is 0.851. The monoisotopic (exact) mass is 224 g/mol. The first-order valence-electron chi connectivity index (χ1n) is 4.70. The summed E-state index contributed by atoms with van der Waals surface area (Å²) in [5.74, 6) is 0.141. The van der Waals surface area contributed by atoms with Gasteiger partial charge in [0.15, 0.2) is 0 Å². The van der Waals surface area contributed by atoms with Crippen LogP contribution in [0.25, 0.3) is 11.1 Å². The average Bonchev–Trinajstić information content (AvgIpc) is 2.71. The van der Waals surface area contributed by atoms with E-state index in [1.54, 1.807) is 19.1 Å². The molecule has 1 N–H and O–H groups in total. The van der Waals surface area contributed by atoms with Crippen molar-refractivity contribution in [2.75, 3.05) is 0 Å². The normalized spacial score (nSPS) is 11.0. The Morgan fingerprint density at radius 3 is 2.62 bits per heavy atom. The summed E-state index contributed by atoms with van der Waals surface area (Å²) >= 11 is 0. The molecule has 0 fully saturated rings. The fourth-order valence-corrected chi connectivity index (χ4v) is 1.38. The van der Waals surface area contributed by atoms with Crippen molar-refractivity contribution in [2.24, 2.45) is 0 Å². The lowest BCUT2D eigenvalue weighted by molar-refractivity contribution is 0.0566. The van der Waals surface area contributed by atoms with Crippen LogP contribution in [0.3, 0.4) is 0 Å². The summed E-state index contributed by atoms with van der Waals surface area (Å²) in [6.45, 7) is -0.880. The van der Waals surface area contributed by atoms with Crippen LogP contribution in [0.4, 0.5) is 8.78 Å². The van der Waals surface area contributed by atoms with Gasteiger partial charge in [-0.3, -0.25) is 0 Å². The molecule has 0 aliphatic heterocycles. The molecule has 0 saturated carbocycles. The second-order valence-electron chi connectivity index (χ2n) is 3.49. The molecule has 0 atom stereocenters. The van der Waals surface area contributed by atoms with Gasteiger partial charge in [-0.2, -0.15) is 13.9 Å². The van der Waals surface area contributed by atoms with Crippen LogP contribution in [0.15, 0.2) is 30.6 Å². The number of aromatic hydroxyl groups is 1. The Balaban J connectivity index is 2.39. The van der Waals surface area contributed by atoms with Gasteiger partial charge in [-0.25, -0.2) is 4.68 Å². The van der Waals surface area contributed by atoms with E-state index in [0.717, 1.165) is 5.56 Å². The van der Waals surface area contributed by atoms with Crippen LogP contribution in [-0.4, -0.2) is 14.9 Å². The number of alkyl halides is 2. The Labute approximate surface area is 91.0 Å². The summed E-state index contributed by atoms with van der Waals surface area (Å²) in [5.41, 5.74) is 1.95. The first-order chi connectivity index (χ1) is 7.58. The van der Waals surface area contributed by atoms with Crippen molar-refractivity contribution >= 4 is 0 Å². The van der Waals surface area contributed by atoms with Gasteiger partial charge in [0.25, 0.3) is 0 Å². The smallest absolute Gasteiger partial charge is 0.333 e. The maximum absolute atomic E-state index is 12.3. The summed E-state index contributed by atoms with van der Waals surface area (Å²) in [6, 6.07) is 5.01. The van der Waals surface area contributed by atoms with Gasteiger partial charge in [-0.1, -0.05) is 12.1 Å². The van der Waals surface area contributed by atoms with E-state index in [-0.39, 0.29) is 5.75 Å². The van der Waals surface area contributed by atoms with E-state index in [1.165, 1.54) is 18.5 Å². The van der Waals surface area contributed by atoms with Crippen LogP contribution in [-0.2, 0) is 0 Å². The van der Waals surface area contributed by atoms with Crippen molar-refractivity contribution < 1.29 is 13.9 Å². The summed E-state index contributed by atoms with van der Waals surface area (Å²) in [4.78, 5) is 0. The molecule has 0 aliphatic carbocycles. The fraction of sp³-hybridized carbons (Fsp3) is 0.182. The van der Waals surface area contributed by atoms with E-state index in [0.29, 0.717) is 15.8 Å². The molecule has 5 heteroatoms. The summed E-state index contributed by atoms with van der Waals surface area (Å²) in [6.07, 6.45) is 2.59. The molecule has 3 nitrogen and oxygen atoms in total. The summed E-state index contributed by atoms with van der Waals surface area (Å²) < 4.78 is 25.2. The predicted molar refractivity (Wildman–Crippen MR) is 55.3 cm³/mol. The Kier molecular flexibility index (Phi) is 2.60. The summed E-state index contributed by atoms with van der Waals surface area (Å²) in [5, 5.41) is 13.0. The number of aryl methyl sites for hydroxylation is 1. The highest BCUT2D eigenvalue weighted by Crippen LogP contribution is 2.26. The van der Waals surface area contributed by atoms with Gasteiger partial charge in [-0.15, -0.1) is 0 Å². The minimum Gasteiger partial charge on any atom is -0.508 e. The molecule has 0 unspecified atom stereocenters. The van der Waals surface area contributed by atoms with Crippen LogP contribution < -0.4 is 0 Å². The molecule has 0 amide bonds. The van der Waals surface area contributed by atoms with Crippen molar-refractivity contribution in [3.05, 3.63) is 36.2 Å². The van der Waals surface area contributed by atoms with Crippen LogP contribution in [0.5, 0.6) is 5.75 Å². The average molecular weight is 224 g/mol. The SMILES string of the molecule is Cc1ccc(-c2cnn(C(F)F)c2)cc1O. The van der Waals surface area contributed by atoms with Gasteiger partial charge >= 0.3 is 6.55 Å². The number of nitrogens with zero attached hydrogens (tertiary/aromatic N) is 2. The molecule has 2 aromatic rings. The second kappa shape index (κ2) is 3.92. The topological polar surface area (TPSA) is 38.0 Å². The third-order valence-electron chi connectivity index (χ3n) is 2.34. The molecule has 0 saturated heterocycles. The van der Waals surface area contributed by atoms with Crippen LogP contribution >= 0.6 is 0 Å². The van der Waals surface area contributed by atoms with Crippen molar-refractivity contribution in [1.29, 1.82) is 0 Å². The number of halogens is 2. The standard InChI is InChI=1S/C11H10F2N2O/c1-7-2-3-8(4-10(7)16)9-5-14-15(6-9)11(12)13/h2-6,11,16H,1H3. The van der Waals surface area contributed by atoms with Crippen molar-refractivity contribution in [3.63, 3.8) is 0 Å². The zero-order chi connectivity index (χ0) is 11.7. The molecule has 84 valence electrons. The maximum atomic E-state index is 12.3. The van der Waals surface area contributed by atoms with E-state index in [2.05, 4.69) is 5.10 Å². The van der Waals surface area contributed by atoms with Crippen LogP contribution in [0.2, 0.25) is 0 Å². The summed E-state index contributed by atoms with van der Waals surface area (Å²) in [7, 11) is 0. The molecule has 1 aromatic heterocycles. The predicted octanol–water partition coefficient (Wildman–Crippen LogP) is 2.96. The van der Waals surface area contributed by atoms with Crippen LogP contribution in [0, 0.1) is 6.92 Å². The number of aromatic nitrogens is 2. The lowest BCUT2D eigenvalue weighted by Crippen LogP contribution is -1.96. The zero-order valence-electron chi connectivity index (χ0n) is 8.56. The highest BCUT2D eigenvalue weighted by Gasteiger charge is 2.09. The lowest BCUT2D eigenvalue weighted by Gasteiger charge is -2.01. The molecule has 0 bridgehead atoms. The zero-order valence-corrected chi connectivity index (χ0v) is 8.56. The third kappa shape index (κ3) is 1.88. The van der Waals surface area contributed by atoms with E-state index >= 15 is 0 Å². The van der Waals surface area contributed by atoms with Crippen molar-refractivity contribution in [1.82, 2.24) is 9.78 Å². The van der Waals surface area contributed by atoms with E-state index in [9.17, 15) is 13.9 Å². The van der Waals surface area contributed by atoms with Gasteiger partial charge in [0.05, 0.1) is 6.20 Å². The minimum absolute atomic E-state index is 0.141. The number of rotatable bonds is 2. The molecular formula is C11H10F2N2O. The number of benzene rings is 1. The molecule has 0 aliphatic rings. The molecule has 1 aromatic carbocycles. The molecule has 2 rings (SSSR count). The van der Waals surface area contributed by atoms with Crippen molar-refractivity contribution in [3.8, 4) is 16.9 Å². The number of hydrogen-bond acceptors (Lipinski definition) is 2. The van der Waals surface area contributed by atoms with Gasteiger partial charge in [0, 0.05) is 11.8 Å². The fourth-order valence-electron chi connectivity index (χ4n) is 1.38. The second-order valence-corrected chi connectivity index (χ2v) is 3.49. The maximum Gasteiger partial charge on any atom is 0.333 e. The molecular weight excluding hydrogens is 214 g/mol. The van der Waals surface area contributed by atoms with E-state index < -0.39 is 6.55 Å². The first kappa shape index (κ1) is 10.6. The number of phenols is 1. The Hall–Kier alpha value is -1.91. The highest BCUT2D eigenvalue weighted by molar-refractivity contribution is 5.64. The Bertz CT molecular complexity index is 508. The Morgan fingerprint density at radius 1 is 1.31 bits per heavy atom. The van der Waals surface area contributed by atoms with Crippen molar-refractivity contribution in [2.45, 2.75) is 13.5 Å². The van der Waals surface area contributed by atoms with Gasteiger partial charge in [-0.05, 0) is 24.1 Å². The first-order valence-corrected chi connectivity index (χ1v) is 4.70. The number of hydrogen-bond donors (Lipinski definition) is 1. The van der Waals surface area contributed by atoms with Gasteiger partial charge in [0.1, 0.15) is 5.75 Å². The highest BCUT2D eigenvalue weighted by atomic mass is 19.3. The molecule has 1 heterocycles. The minimum atomic E-state index is -2.65. The molecule has 16 heavy (non-hydrogen) atoms. The van der Waals surface area contributed by atoms with E-state index in [1.807, 2.05) is 0 Å². The molecule has 0 radical (unpaired) electrons.